The van der Waals surface area contributed by atoms with Crippen molar-refractivity contribution >= 4 is 17.2 Å². The molecule has 1 fully saturated rings. The van der Waals surface area contributed by atoms with Crippen LogP contribution in [0.1, 0.15) is 15.4 Å². The summed E-state index contributed by atoms with van der Waals surface area (Å²) in [5.41, 5.74) is 7.24. The van der Waals surface area contributed by atoms with Gasteiger partial charge in [0.1, 0.15) is 0 Å². The van der Waals surface area contributed by atoms with Gasteiger partial charge in [-0.3, -0.25) is 9.69 Å². The van der Waals surface area contributed by atoms with Crippen molar-refractivity contribution in [1.82, 2.24) is 14.8 Å². The first-order valence-electron chi connectivity index (χ1n) is 8.34. The minimum atomic E-state index is -0.455. The average molecular weight is 344 g/mol. The molecule has 1 unspecified atom stereocenters. The summed E-state index contributed by atoms with van der Waals surface area (Å²) in [7, 11) is 0. The number of nitrogens with zero attached hydrogens (tertiary/aromatic N) is 3. The number of rotatable bonds is 5. The molecule has 1 aliphatic heterocycles. The van der Waals surface area contributed by atoms with Gasteiger partial charge < -0.3 is 10.6 Å². The zero-order chi connectivity index (χ0) is 16.9. The first kappa shape index (κ1) is 17.1. The van der Waals surface area contributed by atoms with Crippen LogP contribution in [0.4, 0.5) is 0 Å². The lowest BCUT2D eigenvalue weighted by atomic mass is 10.1. The van der Waals surface area contributed by atoms with Crippen LogP contribution in [-0.2, 0) is 17.8 Å². The van der Waals surface area contributed by atoms with Crippen LogP contribution in [-0.4, -0.2) is 52.9 Å². The van der Waals surface area contributed by atoms with E-state index in [0.717, 1.165) is 43.3 Å². The van der Waals surface area contributed by atoms with Crippen molar-refractivity contribution in [3.63, 3.8) is 0 Å². The summed E-state index contributed by atoms with van der Waals surface area (Å²) in [5, 5.41) is 1.10. The number of amides is 1. The van der Waals surface area contributed by atoms with Gasteiger partial charge in [0.2, 0.25) is 5.91 Å². The van der Waals surface area contributed by atoms with Crippen molar-refractivity contribution in [3.05, 3.63) is 52.0 Å². The highest BCUT2D eigenvalue weighted by atomic mass is 32.1. The van der Waals surface area contributed by atoms with E-state index in [1.165, 1.54) is 4.88 Å². The molecule has 1 amide bonds. The highest BCUT2D eigenvalue weighted by molar-refractivity contribution is 7.11. The highest BCUT2D eigenvalue weighted by Crippen LogP contribution is 2.16. The maximum Gasteiger partial charge on any atom is 0.239 e. The standard InChI is InChI=1S/C18H24N4OS/c1-14-20-12-16(24-14)13-21-7-9-22(10-8-21)18(23)17(19)11-15-5-3-2-4-6-15/h2-6,12,17H,7-11,13,19H2,1H3. The third-order valence-electron chi connectivity index (χ3n) is 4.35. The second-order valence-electron chi connectivity index (χ2n) is 6.24. The molecule has 5 nitrogen and oxygen atoms in total. The Balaban J connectivity index is 1.47. The number of benzene rings is 1. The van der Waals surface area contributed by atoms with Crippen molar-refractivity contribution in [2.45, 2.75) is 25.9 Å². The van der Waals surface area contributed by atoms with E-state index in [0.29, 0.717) is 6.42 Å². The van der Waals surface area contributed by atoms with Gasteiger partial charge in [-0.25, -0.2) is 4.98 Å². The highest BCUT2D eigenvalue weighted by Gasteiger charge is 2.25. The van der Waals surface area contributed by atoms with Gasteiger partial charge in [0.25, 0.3) is 0 Å². The summed E-state index contributed by atoms with van der Waals surface area (Å²) in [6, 6.07) is 9.51. The number of carbonyl (C=O) groups is 1. The fourth-order valence-corrected chi connectivity index (χ4v) is 3.85. The Morgan fingerprint density at radius 1 is 1.25 bits per heavy atom. The number of nitrogens with two attached hydrogens (primary N) is 1. The minimum Gasteiger partial charge on any atom is -0.339 e. The molecule has 0 spiro atoms. The average Bonchev–Trinajstić information content (AvgIpc) is 3.00. The third-order valence-corrected chi connectivity index (χ3v) is 5.25. The van der Waals surface area contributed by atoms with E-state index in [-0.39, 0.29) is 5.91 Å². The Labute approximate surface area is 147 Å². The lowest BCUT2D eigenvalue weighted by molar-refractivity contribution is -0.134. The molecular weight excluding hydrogens is 320 g/mol. The van der Waals surface area contributed by atoms with Crippen LogP contribution in [0.3, 0.4) is 0 Å². The molecule has 2 aromatic rings. The lowest BCUT2D eigenvalue weighted by Crippen LogP contribution is -2.53. The molecule has 0 bridgehead atoms. The fraction of sp³-hybridized carbons (Fsp3) is 0.444. The molecule has 2 N–H and O–H groups in total. The number of aryl methyl sites for hydroxylation is 1. The Morgan fingerprint density at radius 3 is 2.58 bits per heavy atom. The van der Waals surface area contributed by atoms with Crippen molar-refractivity contribution < 1.29 is 4.79 Å². The first-order valence-corrected chi connectivity index (χ1v) is 9.15. The molecule has 0 aliphatic carbocycles. The predicted molar refractivity (Wildman–Crippen MR) is 96.8 cm³/mol. The summed E-state index contributed by atoms with van der Waals surface area (Å²) >= 11 is 1.74. The van der Waals surface area contributed by atoms with Crippen molar-refractivity contribution in [3.8, 4) is 0 Å². The number of thiazole rings is 1. The number of hydrogen-bond donors (Lipinski definition) is 1. The minimum absolute atomic E-state index is 0.0622. The molecule has 24 heavy (non-hydrogen) atoms. The monoisotopic (exact) mass is 344 g/mol. The maximum atomic E-state index is 12.5. The normalized spacial score (nSPS) is 17.0. The molecule has 6 heteroatoms. The number of aromatic nitrogens is 1. The molecule has 3 rings (SSSR count). The molecule has 128 valence electrons. The van der Waals surface area contributed by atoms with E-state index in [4.69, 9.17) is 5.73 Å². The zero-order valence-electron chi connectivity index (χ0n) is 14.0. The second kappa shape index (κ2) is 7.88. The van der Waals surface area contributed by atoms with Crippen molar-refractivity contribution in [2.24, 2.45) is 5.73 Å². The van der Waals surface area contributed by atoms with E-state index in [1.54, 1.807) is 11.3 Å². The molecule has 2 heterocycles. The van der Waals surface area contributed by atoms with E-state index < -0.39 is 6.04 Å². The van der Waals surface area contributed by atoms with Crippen LogP contribution in [0.5, 0.6) is 0 Å². The van der Waals surface area contributed by atoms with E-state index in [9.17, 15) is 4.79 Å². The zero-order valence-corrected chi connectivity index (χ0v) is 14.8. The smallest absolute Gasteiger partial charge is 0.239 e. The quantitative estimate of drug-likeness (QED) is 0.896. The summed E-state index contributed by atoms with van der Waals surface area (Å²) < 4.78 is 0. The van der Waals surface area contributed by atoms with E-state index >= 15 is 0 Å². The van der Waals surface area contributed by atoms with Crippen LogP contribution in [0.2, 0.25) is 0 Å². The van der Waals surface area contributed by atoms with Crippen molar-refractivity contribution in [2.75, 3.05) is 26.2 Å². The molecule has 1 aliphatic rings. The Morgan fingerprint density at radius 2 is 1.96 bits per heavy atom. The van der Waals surface area contributed by atoms with Gasteiger partial charge in [-0.1, -0.05) is 30.3 Å². The summed E-state index contributed by atoms with van der Waals surface area (Å²) in [5.74, 6) is 0.0622. The Hall–Kier alpha value is -1.76. The summed E-state index contributed by atoms with van der Waals surface area (Å²) in [4.78, 5) is 22.4. The number of carbonyl (C=O) groups excluding carboxylic acids is 1. The third kappa shape index (κ3) is 4.41. The van der Waals surface area contributed by atoms with Gasteiger partial charge in [0.05, 0.1) is 11.0 Å². The summed E-state index contributed by atoms with van der Waals surface area (Å²) in [6.07, 6.45) is 2.55. The first-order chi connectivity index (χ1) is 11.6. The van der Waals surface area contributed by atoms with E-state index in [2.05, 4.69) is 9.88 Å². The van der Waals surface area contributed by atoms with Gasteiger partial charge in [0, 0.05) is 43.8 Å². The van der Waals surface area contributed by atoms with Gasteiger partial charge >= 0.3 is 0 Å². The van der Waals surface area contributed by atoms with Gasteiger partial charge in [0.15, 0.2) is 0 Å². The second-order valence-corrected chi connectivity index (χ2v) is 7.56. The fourth-order valence-electron chi connectivity index (χ4n) is 3.02. The van der Waals surface area contributed by atoms with Gasteiger partial charge in [-0.05, 0) is 18.9 Å². The molecule has 1 saturated heterocycles. The van der Waals surface area contributed by atoms with Crippen LogP contribution >= 0.6 is 11.3 Å². The number of hydrogen-bond acceptors (Lipinski definition) is 5. The Kier molecular flexibility index (Phi) is 5.60. The lowest BCUT2D eigenvalue weighted by Gasteiger charge is -2.35. The molecule has 1 aromatic carbocycles. The molecule has 1 atom stereocenters. The largest absolute Gasteiger partial charge is 0.339 e. The molecular formula is C18H24N4OS. The van der Waals surface area contributed by atoms with Crippen molar-refractivity contribution in [1.29, 1.82) is 0 Å². The topological polar surface area (TPSA) is 62.5 Å². The summed E-state index contributed by atoms with van der Waals surface area (Å²) in [6.45, 7) is 6.22. The molecule has 0 radical (unpaired) electrons. The van der Waals surface area contributed by atoms with Crippen LogP contribution < -0.4 is 5.73 Å². The van der Waals surface area contributed by atoms with E-state index in [1.807, 2.05) is 48.4 Å². The molecule has 0 saturated carbocycles. The SMILES string of the molecule is Cc1ncc(CN2CCN(C(=O)C(N)Cc3ccccc3)CC2)s1. The molecule has 1 aromatic heterocycles. The number of piperazine rings is 1. The van der Waals surface area contributed by atoms with Gasteiger partial charge in [-0.2, -0.15) is 0 Å². The maximum absolute atomic E-state index is 12.5. The van der Waals surface area contributed by atoms with Gasteiger partial charge in [-0.15, -0.1) is 11.3 Å². The Bertz CT molecular complexity index is 665. The van der Waals surface area contributed by atoms with Crippen LogP contribution in [0, 0.1) is 6.92 Å². The van der Waals surface area contributed by atoms with Crippen LogP contribution in [0.25, 0.3) is 0 Å². The predicted octanol–water partition coefficient (Wildman–Crippen LogP) is 1.67. The van der Waals surface area contributed by atoms with Crippen LogP contribution in [0.15, 0.2) is 36.5 Å².